The molecule has 0 aliphatic heterocycles. The van der Waals surface area contributed by atoms with Gasteiger partial charge in [0.15, 0.2) is 5.13 Å². The van der Waals surface area contributed by atoms with Gasteiger partial charge in [-0.15, -0.1) is 11.3 Å². The molecular weight excluding hydrogens is 446 g/mol. The zero-order valence-electron chi connectivity index (χ0n) is 19.9. The molecular formula is C26H31N5O2S. The monoisotopic (exact) mass is 477 g/mol. The van der Waals surface area contributed by atoms with Crippen LogP contribution in [0.15, 0.2) is 66.6 Å². The summed E-state index contributed by atoms with van der Waals surface area (Å²) in [5, 5.41) is 6.50. The molecule has 0 atom stereocenters. The summed E-state index contributed by atoms with van der Waals surface area (Å²) >= 11 is 1.61. The van der Waals surface area contributed by atoms with Gasteiger partial charge >= 0.3 is 0 Å². The summed E-state index contributed by atoms with van der Waals surface area (Å²) in [6.07, 6.45) is 6.43. The topological polar surface area (TPSA) is 64.4 Å². The highest BCUT2D eigenvalue weighted by Gasteiger charge is 2.12. The molecule has 2 aromatic heterocycles. The van der Waals surface area contributed by atoms with E-state index < -0.39 is 0 Å². The zero-order valence-corrected chi connectivity index (χ0v) is 20.7. The molecule has 0 fully saturated rings. The summed E-state index contributed by atoms with van der Waals surface area (Å²) < 4.78 is 12.6. The quantitative estimate of drug-likeness (QED) is 0.295. The van der Waals surface area contributed by atoms with Gasteiger partial charge in [-0.1, -0.05) is 19.1 Å². The largest absolute Gasteiger partial charge is 0.383 e. The Balaban J connectivity index is 1.48. The fraction of sp³-hybridized carbons (Fsp3) is 0.308. The Morgan fingerprint density at radius 3 is 2.44 bits per heavy atom. The lowest BCUT2D eigenvalue weighted by Crippen LogP contribution is -2.30. The Kier molecular flexibility index (Phi) is 8.30. The van der Waals surface area contributed by atoms with Crippen molar-refractivity contribution in [1.29, 1.82) is 0 Å². The molecule has 0 aliphatic rings. The van der Waals surface area contributed by atoms with Gasteiger partial charge in [0.2, 0.25) is 0 Å². The van der Waals surface area contributed by atoms with Crippen LogP contribution in [0.4, 0.5) is 16.5 Å². The molecule has 0 bridgehead atoms. The van der Waals surface area contributed by atoms with Crippen molar-refractivity contribution in [3.05, 3.63) is 72.1 Å². The lowest BCUT2D eigenvalue weighted by molar-refractivity contribution is 0.190. The van der Waals surface area contributed by atoms with Gasteiger partial charge < -0.3 is 24.3 Å². The Labute approximate surface area is 205 Å². The van der Waals surface area contributed by atoms with Crippen LogP contribution >= 0.6 is 11.3 Å². The maximum atomic E-state index is 5.29. The molecule has 0 radical (unpaired) electrons. The number of ether oxygens (including phenoxy) is 2. The Morgan fingerprint density at radius 2 is 1.79 bits per heavy atom. The van der Waals surface area contributed by atoms with E-state index in [0.29, 0.717) is 13.2 Å². The summed E-state index contributed by atoms with van der Waals surface area (Å²) in [5.41, 5.74) is 6.64. The van der Waals surface area contributed by atoms with Gasteiger partial charge in [0.1, 0.15) is 0 Å². The van der Waals surface area contributed by atoms with Crippen molar-refractivity contribution in [1.82, 2.24) is 14.5 Å². The fourth-order valence-electron chi connectivity index (χ4n) is 3.76. The van der Waals surface area contributed by atoms with Gasteiger partial charge in [-0.05, 0) is 42.3 Å². The van der Waals surface area contributed by atoms with Crippen LogP contribution in [0.25, 0.3) is 16.9 Å². The number of aromatic nitrogens is 3. The number of imidazole rings is 1. The Hall–Kier alpha value is -3.20. The standard InChI is InChI=1S/C26H31N5O2S/c1-4-20-17-23(30(13-15-32-2)14-16-33-3)9-10-24(20)28-26-29-25(18-34-26)21-5-7-22(8-6-21)31-12-11-27-19-31/h5-12,17-19H,4,13-16H2,1-3H3,(H,28,29). The zero-order chi connectivity index (χ0) is 23.8. The predicted molar refractivity (Wildman–Crippen MR) is 140 cm³/mol. The maximum Gasteiger partial charge on any atom is 0.187 e. The van der Waals surface area contributed by atoms with Crippen LogP contribution in [0.5, 0.6) is 0 Å². The summed E-state index contributed by atoms with van der Waals surface area (Å²) in [6, 6.07) is 14.9. The smallest absolute Gasteiger partial charge is 0.187 e. The maximum absolute atomic E-state index is 5.29. The SMILES string of the molecule is CCc1cc(N(CCOC)CCOC)ccc1Nc1nc(-c2ccc(-n3ccnc3)cc2)cs1. The number of hydrogen-bond donors (Lipinski definition) is 1. The Bertz CT molecular complexity index is 1150. The van der Waals surface area contributed by atoms with E-state index in [2.05, 4.69) is 70.0 Å². The van der Waals surface area contributed by atoms with E-state index in [-0.39, 0.29) is 0 Å². The fourth-order valence-corrected chi connectivity index (χ4v) is 4.49. The summed E-state index contributed by atoms with van der Waals surface area (Å²) in [5.74, 6) is 0. The molecule has 0 saturated carbocycles. The van der Waals surface area contributed by atoms with Gasteiger partial charge in [0.25, 0.3) is 0 Å². The van der Waals surface area contributed by atoms with Crippen LogP contribution in [-0.2, 0) is 15.9 Å². The number of benzene rings is 2. The summed E-state index contributed by atoms with van der Waals surface area (Å²) in [7, 11) is 3.46. The minimum atomic E-state index is 0.677. The van der Waals surface area contributed by atoms with Crippen LogP contribution in [0.2, 0.25) is 0 Å². The van der Waals surface area contributed by atoms with E-state index in [0.717, 1.165) is 47.3 Å². The second-order valence-corrected chi connectivity index (χ2v) is 8.71. The third-order valence-electron chi connectivity index (χ3n) is 5.68. The molecule has 4 rings (SSSR count). The molecule has 0 amide bonds. The second kappa shape index (κ2) is 11.8. The molecule has 2 aromatic carbocycles. The predicted octanol–water partition coefficient (Wildman–Crippen LogP) is 5.40. The number of nitrogens with one attached hydrogen (secondary N) is 1. The number of hydrogen-bond acceptors (Lipinski definition) is 7. The van der Waals surface area contributed by atoms with E-state index in [4.69, 9.17) is 14.5 Å². The van der Waals surface area contributed by atoms with Crippen molar-refractivity contribution in [3.8, 4) is 16.9 Å². The first-order valence-electron chi connectivity index (χ1n) is 11.4. The molecule has 0 saturated heterocycles. The Morgan fingerprint density at radius 1 is 1.03 bits per heavy atom. The highest BCUT2D eigenvalue weighted by molar-refractivity contribution is 7.14. The third-order valence-corrected chi connectivity index (χ3v) is 6.43. The molecule has 2 heterocycles. The van der Waals surface area contributed by atoms with Crippen molar-refractivity contribution in [2.75, 3.05) is 50.7 Å². The molecule has 1 N–H and O–H groups in total. The van der Waals surface area contributed by atoms with E-state index in [9.17, 15) is 0 Å². The van der Waals surface area contributed by atoms with Crippen LogP contribution in [0, 0.1) is 0 Å². The normalized spacial score (nSPS) is 11.0. The molecule has 8 heteroatoms. The molecule has 0 unspecified atom stereocenters. The summed E-state index contributed by atoms with van der Waals surface area (Å²) in [6.45, 7) is 5.18. The number of thiazole rings is 1. The average Bonchev–Trinajstić information content (AvgIpc) is 3.57. The van der Waals surface area contributed by atoms with Gasteiger partial charge in [-0.3, -0.25) is 0 Å². The van der Waals surface area contributed by atoms with Crippen LogP contribution in [-0.4, -0.2) is 55.1 Å². The number of nitrogens with zero attached hydrogens (tertiary/aromatic N) is 4. The van der Waals surface area contributed by atoms with Crippen molar-refractivity contribution in [3.63, 3.8) is 0 Å². The van der Waals surface area contributed by atoms with Crippen LogP contribution < -0.4 is 10.2 Å². The van der Waals surface area contributed by atoms with Gasteiger partial charge in [-0.2, -0.15) is 0 Å². The van der Waals surface area contributed by atoms with E-state index in [1.54, 1.807) is 38.1 Å². The van der Waals surface area contributed by atoms with E-state index in [1.165, 1.54) is 11.3 Å². The molecule has 34 heavy (non-hydrogen) atoms. The first-order valence-corrected chi connectivity index (χ1v) is 12.3. The first-order chi connectivity index (χ1) is 16.7. The van der Waals surface area contributed by atoms with Crippen molar-refractivity contribution in [2.45, 2.75) is 13.3 Å². The van der Waals surface area contributed by atoms with Crippen LogP contribution in [0.1, 0.15) is 12.5 Å². The molecule has 7 nitrogen and oxygen atoms in total. The van der Waals surface area contributed by atoms with Crippen molar-refractivity contribution < 1.29 is 9.47 Å². The van der Waals surface area contributed by atoms with E-state index >= 15 is 0 Å². The third kappa shape index (κ3) is 5.83. The van der Waals surface area contributed by atoms with Crippen molar-refractivity contribution in [2.24, 2.45) is 0 Å². The van der Waals surface area contributed by atoms with Gasteiger partial charge in [0, 0.05) is 67.7 Å². The first kappa shape index (κ1) is 23.9. The van der Waals surface area contributed by atoms with Crippen LogP contribution in [0.3, 0.4) is 0 Å². The second-order valence-electron chi connectivity index (χ2n) is 7.85. The summed E-state index contributed by atoms with van der Waals surface area (Å²) in [4.78, 5) is 11.2. The number of methoxy groups -OCH3 is 2. The minimum absolute atomic E-state index is 0.677. The molecule has 0 aliphatic carbocycles. The van der Waals surface area contributed by atoms with Gasteiger partial charge in [0.05, 0.1) is 25.2 Å². The molecule has 178 valence electrons. The number of aryl methyl sites for hydroxylation is 1. The highest BCUT2D eigenvalue weighted by atomic mass is 32.1. The average molecular weight is 478 g/mol. The lowest BCUT2D eigenvalue weighted by atomic mass is 10.1. The molecule has 0 spiro atoms. The number of rotatable bonds is 12. The highest BCUT2D eigenvalue weighted by Crippen LogP contribution is 2.31. The lowest BCUT2D eigenvalue weighted by Gasteiger charge is -2.25. The van der Waals surface area contributed by atoms with E-state index in [1.807, 2.05) is 10.8 Å². The minimum Gasteiger partial charge on any atom is -0.383 e. The van der Waals surface area contributed by atoms with Crippen molar-refractivity contribution >= 4 is 27.8 Å². The molecule has 4 aromatic rings. The number of anilines is 3. The van der Waals surface area contributed by atoms with Gasteiger partial charge in [-0.25, -0.2) is 9.97 Å².